The Hall–Kier alpha value is -4.00. The summed E-state index contributed by atoms with van der Waals surface area (Å²) in [5, 5.41) is 14.9. The van der Waals surface area contributed by atoms with Gasteiger partial charge in [0.05, 0.1) is 11.3 Å². The SMILES string of the molecule is C=CC(=O)N[C@H]1C[C@@H](Nc2ncncc2C(=N)c2ccc(Oc3ccccc3)cc2)C1. The number of amides is 1. The zero-order valence-corrected chi connectivity index (χ0v) is 16.9. The van der Waals surface area contributed by atoms with Gasteiger partial charge in [0.1, 0.15) is 23.6 Å². The highest BCUT2D eigenvalue weighted by atomic mass is 16.5. The van der Waals surface area contributed by atoms with Gasteiger partial charge in [0.25, 0.3) is 0 Å². The second-order valence-electron chi connectivity index (χ2n) is 7.32. The second-order valence-corrected chi connectivity index (χ2v) is 7.32. The Morgan fingerprint density at radius 1 is 1.06 bits per heavy atom. The Kier molecular flexibility index (Phi) is 6.03. The van der Waals surface area contributed by atoms with Gasteiger partial charge in [0, 0.05) is 23.8 Å². The summed E-state index contributed by atoms with van der Waals surface area (Å²) < 4.78 is 5.82. The molecule has 4 rings (SSSR count). The van der Waals surface area contributed by atoms with Gasteiger partial charge in [-0.3, -0.25) is 10.2 Å². The monoisotopic (exact) mass is 413 g/mol. The van der Waals surface area contributed by atoms with Crippen LogP contribution in [0.3, 0.4) is 0 Å². The summed E-state index contributed by atoms with van der Waals surface area (Å²) in [6.45, 7) is 3.47. The van der Waals surface area contributed by atoms with E-state index in [-0.39, 0.29) is 18.0 Å². The minimum atomic E-state index is -0.160. The summed E-state index contributed by atoms with van der Waals surface area (Å²) in [5.74, 6) is 1.92. The first-order valence-electron chi connectivity index (χ1n) is 10.0. The number of hydrogen-bond acceptors (Lipinski definition) is 6. The van der Waals surface area contributed by atoms with Gasteiger partial charge in [0.2, 0.25) is 5.91 Å². The van der Waals surface area contributed by atoms with Crippen LogP contribution in [0.5, 0.6) is 11.5 Å². The summed E-state index contributed by atoms with van der Waals surface area (Å²) in [6.07, 6.45) is 5.97. The number of para-hydroxylation sites is 1. The van der Waals surface area contributed by atoms with E-state index in [0.717, 1.165) is 24.2 Å². The van der Waals surface area contributed by atoms with Crippen molar-refractivity contribution in [3.63, 3.8) is 0 Å². The first kappa shape index (κ1) is 20.3. The smallest absolute Gasteiger partial charge is 0.243 e. The van der Waals surface area contributed by atoms with Gasteiger partial charge in [-0.15, -0.1) is 0 Å². The van der Waals surface area contributed by atoms with Crippen molar-refractivity contribution in [3.8, 4) is 11.5 Å². The molecular formula is C24H23N5O2. The van der Waals surface area contributed by atoms with E-state index in [0.29, 0.717) is 22.8 Å². The second kappa shape index (κ2) is 9.21. The quantitative estimate of drug-likeness (QED) is 0.384. The molecule has 1 heterocycles. The highest BCUT2D eigenvalue weighted by Gasteiger charge is 2.30. The molecule has 0 atom stereocenters. The molecule has 0 saturated heterocycles. The molecule has 1 aliphatic carbocycles. The van der Waals surface area contributed by atoms with Crippen molar-refractivity contribution in [2.75, 3.05) is 5.32 Å². The molecule has 1 aromatic heterocycles. The Labute approximate surface area is 180 Å². The molecule has 3 N–H and O–H groups in total. The molecule has 0 spiro atoms. The Balaban J connectivity index is 1.41. The maximum absolute atomic E-state index is 11.4. The molecular weight excluding hydrogens is 390 g/mol. The van der Waals surface area contributed by atoms with Crippen LogP contribution in [0.1, 0.15) is 24.0 Å². The summed E-state index contributed by atoms with van der Waals surface area (Å²) in [4.78, 5) is 19.8. The molecule has 1 fully saturated rings. The molecule has 1 aliphatic rings. The zero-order valence-electron chi connectivity index (χ0n) is 16.9. The van der Waals surface area contributed by atoms with Crippen LogP contribution in [0.25, 0.3) is 0 Å². The van der Waals surface area contributed by atoms with Gasteiger partial charge in [-0.2, -0.15) is 0 Å². The van der Waals surface area contributed by atoms with Crippen LogP contribution in [0.4, 0.5) is 5.82 Å². The first-order chi connectivity index (χ1) is 15.1. The van der Waals surface area contributed by atoms with Crippen molar-refractivity contribution in [3.05, 3.63) is 90.9 Å². The van der Waals surface area contributed by atoms with Crippen molar-refractivity contribution in [2.24, 2.45) is 0 Å². The van der Waals surface area contributed by atoms with Crippen LogP contribution < -0.4 is 15.4 Å². The average molecular weight is 413 g/mol. The molecule has 7 nitrogen and oxygen atoms in total. The van der Waals surface area contributed by atoms with Crippen LogP contribution in [0.15, 0.2) is 79.8 Å². The van der Waals surface area contributed by atoms with Gasteiger partial charge in [-0.25, -0.2) is 9.97 Å². The molecule has 31 heavy (non-hydrogen) atoms. The fraction of sp³-hybridized carbons (Fsp3) is 0.167. The number of rotatable bonds is 8. The van der Waals surface area contributed by atoms with Crippen molar-refractivity contribution in [1.29, 1.82) is 5.41 Å². The number of nitrogens with zero attached hydrogens (tertiary/aromatic N) is 2. The van der Waals surface area contributed by atoms with Crippen molar-refractivity contribution in [2.45, 2.75) is 24.9 Å². The number of carbonyl (C=O) groups excluding carboxylic acids is 1. The fourth-order valence-electron chi connectivity index (χ4n) is 3.40. The molecule has 0 aliphatic heterocycles. The van der Waals surface area contributed by atoms with Gasteiger partial charge in [-0.1, -0.05) is 24.8 Å². The first-order valence-corrected chi connectivity index (χ1v) is 10.0. The van der Waals surface area contributed by atoms with Crippen molar-refractivity contribution in [1.82, 2.24) is 15.3 Å². The van der Waals surface area contributed by atoms with E-state index in [1.807, 2.05) is 54.6 Å². The minimum absolute atomic E-state index is 0.130. The van der Waals surface area contributed by atoms with E-state index in [1.54, 1.807) is 6.20 Å². The third kappa shape index (κ3) is 4.95. The number of aromatic nitrogens is 2. The number of carbonyl (C=O) groups is 1. The summed E-state index contributed by atoms with van der Waals surface area (Å²) in [6, 6.07) is 17.2. The van der Waals surface area contributed by atoms with E-state index in [1.165, 1.54) is 12.4 Å². The highest BCUT2D eigenvalue weighted by Crippen LogP contribution is 2.27. The van der Waals surface area contributed by atoms with E-state index in [2.05, 4.69) is 27.2 Å². The van der Waals surface area contributed by atoms with Crippen LogP contribution >= 0.6 is 0 Å². The summed E-state index contributed by atoms with van der Waals surface area (Å²) in [5.41, 5.74) is 1.69. The van der Waals surface area contributed by atoms with Crippen LogP contribution in [-0.2, 0) is 4.79 Å². The van der Waals surface area contributed by atoms with Gasteiger partial charge in [0.15, 0.2) is 0 Å². The molecule has 1 amide bonds. The highest BCUT2D eigenvalue weighted by molar-refractivity contribution is 6.13. The van der Waals surface area contributed by atoms with Crippen molar-refractivity contribution >= 4 is 17.4 Å². The third-order valence-corrected chi connectivity index (χ3v) is 5.11. The molecule has 7 heteroatoms. The topological polar surface area (TPSA) is 100.0 Å². The van der Waals surface area contributed by atoms with Gasteiger partial charge >= 0.3 is 0 Å². The predicted molar refractivity (Wildman–Crippen MR) is 120 cm³/mol. The zero-order chi connectivity index (χ0) is 21.6. The van der Waals surface area contributed by atoms with E-state index in [9.17, 15) is 4.79 Å². The number of anilines is 1. The van der Waals surface area contributed by atoms with E-state index >= 15 is 0 Å². The minimum Gasteiger partial charge on any atom is -0.457 e. The standard InChI is InChI=1S/C24H23N5O2/c1-2-22(30)28-17-12-18(13-17)29-24-21(14-26-15-27-24)23(25)16-8-10-20(11-9-16)31-19-6-4-3-5-7-19/h2-11,14-15,17-18,25H,1,12-13H2,(H,28,30)(H,26,27,29)/t17-,18+. The largest absolute Gasteiger partial charge is 0.457 e. The van der Waals surface area contributed by atoms with Crippen LogP contribution in [-0.4, -0.2) is 33.7 Å². The Bertz CT molecular complexity index is 1080. The summed E-state index contributed by atoms with van der Waals surface area (Å²) >= 11 is 0. The van der Waals surface area contributed by atoms with E-state index < -0.39 is 0 Å². The lowest BCUT2D eigenvalue weighted by molar-refractivity contribution is -0.117. The van der Waals surface area contributed by atoms with Crippen LogP contribution in [0.2, 0.25) is 0 Å². The molecule has 0 radical (unpaired) electrons. The normalized spacial score (nSPS) is 17.2. The average Bonchev–Trinajstić information content (AvgIpc) is 2.78. The lowest BCUT2D eigenvalue weighted by Gasteiger charge is -2.36. The van der Waals surface area contributed by atoms with Crippen LogP contribution in [0, 0.1) is 5.41 Å². The molecule has 156 valence electrons. The maximum atomic E-state index is 11.4. The Morgan fingerprint density at radius 2 is 1.77 bits per heavy atom. The van der Waals surface area contributed by atoms with Crippen molar-refractivity contribution < 1.29 is 9.53 Å². The molecule has 3 aromatic rings. The fourth-order valence-corrected chi connectivity index (χ4v) is 3.40. The Morgan fingerprint density at radius 3 is 2.48 bits per heavy atom. The number of benzene rings is 2. The van der Waals surface area contributed by atoms with Gasteiger partial charge in [-0.05, 0) is 55.3 Å². The maximum Gasteiger partial charge on any atom is 0.243 e. The summed E-state index contributed by atoms with van der Waals surface area (Å²) in [7, 11) is 0. The lowest BCUT2D eigenvalue weighted by atomic mass is 9.86. The molecule has 2 aromatic carbocycles. The lowest BCUT2D eigenvalue weighted by Crippen LogP contribution is -2.49. The number of nitrogens with one attached hydrogen (secondary N) is 3. The van der Waals surface area contributed by atoms with Gasteiger partial charge < -0.3 is 15.4 Å². The number of hydrogen-bond donors (Lipinski definition) is 3. The third-order valence-electron chi connectivity index (χ3n) is 5.11. The number of ether oxygens (including phenoxy) is 1. The molecule has 0 unspecified atom stereocenters. The predicted octanol–water partition coefficient (Wildman–Crippen LogP) is 3.93. The van der Waals surface area contributed by atoms with E-state index in [4.69, 9.17) is 10.1 Å². The molecule has 0 bridgehead atoms. The molecule has 1 saturated carbocycles.